The molecule has 106 valence electrons. The predicted octanol–water partition coefficient (Wildman–Crippen LogP) is 5.79. The van der Waals surface area contributed by atoms with Crippen molar-refractivity contribution in [2.24, 2.45) is 0 Å². The first-order chi connectivity index (χ1) is 9.52. The van der Waals surface area contributed by atoms with Gasteiger partial charge in [-0.2, -0.15) is 0 Å². The van der Waals surface area contributed by atoms with Crippen LogP contribution in [0.4, 0.5) is 0 Å². The third-order valence-electron chi connectivity index (χ3n) is 3.37. The minimum Gasteiger partial charge on any atom is -0.494 e. The van der Waals surface area contributed by atoms with Crippen molar-refractivity contribution >= 4 is 27.5 Å². The molecule has 0 aliphatic rings. The average Bonchev–Trinajstić information content (AvgIpc) is 2.43. The first-order valence-corrected chi connectivity index (χ1v) is 7.89. The van der Waals surface area contributed by atoms with Crippen molar-refractivity contribution < 1.29 is 4.74 Å². The van der Waals surface area contributed by atoms with Crippen LogP contribution in [0.15, 0.2) is 40.9 Å². The Kier molecular flexibility index (Phi) is 5.11. The largest absolute Gasteiger partial charge is 0.494 e. The summed E-state index contributed by atoms with van der Waals surface area (Å²) in [6, 6.07) is 12.3. The molecule has 2 rings (SSSR count). The van der Waals surface area contributed by atoms with Crippen molar-refractivity contribution in [3.8, 4) is 5.75 Å². The van der Waals surface area contributed by atoms with Gasteiger partial charge in [0.05, 0.1) is 12.0 Å². The highest BCUT2D eigenvalue weighted by molar-refractivity contribution is 9.10. The lowest BCUT2D eigenvalue weighted by Crippen LogP contribution is -2.01. The monoisotopic (exact) mass is 352 g/mol. The van der Waals surface area contributed by atoms with Gasteiger partial charge in [-0.15, -0.1) is 11.6 Å². The second kappa shape index (κ2) is 6.64. The van der Waals surface area contributed by atoms with E-state index in [0.29, 0.717) is 6.61 Å². The summed E-state index contributed by atoms with van der Waals surface area (Å²) >= 11 is 10.2. The molecule has 0 aromatic heterocycles. The molecule has 0 aliphatic heterocycles. The third kappa shape index (κ3) is 3.36. The molecule has 0 radical (unpaired) electrons. The molecular weight excluding hydrogens is 336 g/mol. The fourth-order valence-electron chi connectivity index (χ4n) is 2.11. The van der Waals surface area contributed by atoms with Gasteiger partial charge in [-0.1, -0.05) is 34.1 Å². The van der Waals surface area contributed by atoms with E-state index in [0.717, 1.165) is 21.3 Å². The van der Waals surface area contributed by atoms with Crippen LogP contribution in [-0.2, 0) is 0 Å². The molecule has 0 spiro atoms. The standard InChI is InChI=1S/C17H18BrClO/c1-4-20-16-8-7-14(18)10-15(16)17(19)13-6-5-11(2)12(3)9-13/h5-10,17H,4H2,1-3H3. The highest BCUT2D eigenvalue weighted by Crippen LogP contribution is 2.37. The molecule has 2 aromatic carbocycles. The van der Waals surface area contributed by atoms with Crippen LogP contribution >= 0.6 is 27.5 Å². The number of alkyl halides is 1. The zero-order valence-corrected chi connectivity index (χ0v) is 14.3. The predicted molar refractivity (Wildman–Crippen MR) is 88.9 cm³/mol. The Labute approximate surface area is 134 Å². The quantitative estimate of drug-likeness (QED) is 0.632. The van der Waals surface area contributed by atoms with E-state index < -0.39 is 0 Å². The lowest BCUT2D eigenvalue weighted by Gasteiger charge is -2.17. The van der Waals surface area contributed by atoms with Crippen molar-refractivity contribution in [2.45, 2.75) is 26.1 Å². The zero-order valence-electron chi connectivity index (χ0n) is 11.9. The van der Waals surface area contributed by atoms with E-state index >= 15 is 0 Å². The van der Waals surface area contributed by atoms with Crippen LogP contribution in [0, 0.1) is 13.8 Å². The van der Waals surface area contributed by atoms with E-state index in [1.165, 1.54) is 11.1 Å². The molecule has 1 nitrogen and oxygen atoms in total. The minimum absolute atomic E-state index is 0.214. The summed E-state index contributed by atoms with van der Waals surface area (Å²) in [4.78, 5) is 0. The van der Waals surface area contributed by atoms with Crippen LogP contribution in [0.25, 0.3) is 0 Å². The second-order valence-corrected chi connectivity index (χ2v) is 6.17. The Balaban J connectivity index is 2.43. The van der Waals surface area contributed by atoms with Crippen LogP contribution in [-0.4, -0.2) is 6.61 Å². The van der Waals surface area contributed by atoms with Gasteiger partial charge in [0.15, 0.2) is 0 Å². The van der Waals surface area contributed by atoms with Crippen molar-refractivity contribution in [1.82, 2.24) is 0 Å². The highest BCUT2D eigenvalue weighted by atomic mass is 79.9. The number of hydrogen-bond donors (Lipinski definition) is 0. The Bertz CT molecular complexity index is 610. The van der Waals surface area contributed by atoms with Crippen LogP contribution in [0.2, 0.25) is 0 Å². The summed E-state index contributed by atoms with van der Waals surface area (Å²) in [5.41, 5.74) is 4.61. The normalized spacial score (nSPS) is 12.2. The number of aryl methyl sites for hydroxylation is 2. The molecule has 0 saturated heterocycles. The van der Waals surface area contributed by atoms with Gasteiger partial charge in [0.25, 0.3) is 0 Å². The SMILES string of the molecule is CCOc1ccc(Br)cc1C(Cl)c1ccc(C)c(C)c1. The summed E-state index contributed by atoms with van der Waals surface area (Å²) in [5, 5.41) is -0.214. The maximum atomic E-state index is 6.67. The molecule has 3 heteroatoms. The molecule has 0 N–H and O–H groups in total. The molecule has 0 bridgehead atoms. The lowest BCUT2D eigenvalue weighted by atomic mass is 9.99. The lowest BCUT2D eigenvalue weighted by molar-refractivity contribution is 0.337. The number of rotatable bonds is 4. The van der Waals surface area contributed by atoms with Gasteiger partial charge >= 0.3 is 0 Å². The van der Waals surface area contributed by atoms with E-state index in [4.69, 9.17) is 16.3 Å². The smallest absolute Gasteiger partial charge is 0.124 e. The van der Waals surface area contributed by atoms with E-state index in [2.05, 4.69) is 48.0 Å². The van der Waals surface area contributed by atoms with E-state index in [1.54, 1.807) is 0 Å². The number of hydrogen-bond acceptors (Lipinski definition) is 1. The third-order valence-corrected chi connectivity index (χ3v) is 4.35. The second-order valence-electron chi connectivity index (χ2n) is 4.82. The van der Waals surface area contributed by atoms with Crippen molar-refractivity contribution in [3.05, 3.63) is 63.1 Å². The highest BCUT2D eigenvalue weighted by Gasteiger charge is 2.17. The van der Waals surface area contributed by atoms with Crippen molar-refractivity contribution in [1.29, 1.82) is 0 Å². The Morgan fingerprint density at radius 3 is 2.50 bits per heavy atom. The Morgan fingerprint density at radius 2 is 1.85 bits per heavy atom. The maximum Gasteiger partial charge on any atom is 0.124 e. The zero-order chi connectivity index (χ0) is 14.7. The van der Waals surface area contributed by atoms with Gasteiger partial charge < -0.3 is 4.74 Å². The first-order valence-electron chi connectivity index (χ1n) is 6.66. The van der Waals surface area contributed by atoms with Crippen molar-refractivity contribution in [3.63, 3.8) is 0 Å². The van der Waals surface area contributed by atoms with Gasteiger partial charge in [-0.05, 0) is 55.7 Å². The molecule has 0 fully saturated rings. The maximum absolute atomic E-state index is 6.67. The fourth-order valence-corrected chi connectivity index (χ4v) is 2.79. The van der Waals surface area contributed by atoms with Crippen LogP contribution < -0.4 is 4.74 Å². The van der Waals surface area contributed by atoms with Crippen LogP contribution in [0.1, 0.15) is 34.6 Å². The average molecular weight is 354 g/mol. The van der Waals surface area contributed by atoms with Gasteiger partial charge in [-0.25, -0.2) is 0 Å². The van der Waals surface area contributed by atoms with E-state index in [1.807, 2.05) is 25.1 Å². The van der Waals surface area contributed by atoms with E-state index in [-0.39, 0.29) is 5.38 Å². The van der Waals surface area contributed by atoms with Crippen molar-refractivity contribution in [2.75, 3.05) is 6.61 Å². The van der Waals surface area contributed by atoms with Gasteiger partial charge in [0, 0.05) is 10.0 Å². The first kappa shape index (κ1) is 15.4. The topological polar surface area (TPSA) is 9.23 Å². The number of ether oxygens (including phenoxy) is 1. The number of benzene rings is 2. The Morgan fingerprint density at radius 1 is 1.10 bits per heavy atom. The molecule has 2 aromatic rings. The van der Waals surface area contributed by atoms with Gasteiger partial charge in [0.2, 0.25) is 0 Å². The minimum atomic E-state index is -0.214. The summed E-state index contributed by atoms with van der Waals surface area (Å²) in [6.07, 6.45) is 0. The molecule has 0 heterocycles. The summed E-state index contributed by atoms with van der Waals surface area (Å²) in [7, 11) is 0. The molecular formula is C17H18BrClO. The summed E-state index contributed by atoms with van der Waals surface area (Å²) in [6.45, 7) is 6.82. The molecule has 1 atom stereocenters. The molecule has 20 heavy (non-hydrogen) atoms. The van der Waals surface area contributed by atoms with Crippen LogP contribution in [0.5, 0.6) is 5.75 Å². The van der Waals surface area contributed by atoms with Crippen LogP contribution in [0.3, 0.4) is 0 Å². The Hall–Kier alpha value is -0.990. The summed E-state index contributed by atoms with van der Waals surface area (Å²) in [5.74, 6) is 0.842. The number of halogens is 2. The van der Waals surface area contributed by atoms with Gasteiger partial charge in [0.1, 0.15) is 5.75 Å². The molecule has 0 saturated carbocycles. The molecule has 1 unspecified atom stereocenters. The molecule has 0 aliphatic carbocycles. The molecule has 0 amide bonds. The van der Waals surface area contributed by atoms with Gasteiger partial charge in [-0.3, -0.25) is 0 Å². The van der Waals surface area contributed by atoms with E-state index in [9.17, 15) is 0 Å². The summed E-state index contributed by atoms with van der Waals surface area (Å²) < 4.78 is 6.69. The fraction of sp³-hybridized carbons (Fsp3) is 0.294.